The molecule has 0 bridgehead atoms. The van der Waals surface area contributed by atoms with Gasteiger partial charge in [0, 0.05) is 25.4 Å². The zero-order valence-corrected chi connectivity index (χ0v) is 11.1. The molecule has 0 aliphatic carbocycles. The van der Waals surface area contributed by atoms with Crippen molar-refractivity contribution in [1.29, 1.82) is 0 Å². The van der Waals surface area contributed by atoms with Gasteiger partial charge in [0.2, 0.25) is 5.91 Å². The minimum Gasteiger partial charge on any atom is -0.481 e. The van der Waals surface area contributed by atoms with Crippen LogP contribution in [0.25, 0.3) is 0 Å². The number of carboxylic acids is 1. The number of aromatic nitrogens is 2. The zero-order valence-electron chi connectivity index (χ0n) is 11.1. The average Bonchev–Trinajstić information content (AvgIpc) is 2.67. The number of aliphatic carboxylic acids is 1. The maximum atomic E-state index is 12.2. The molecule has 0 aliphatic heterocycles. The van der Waals surface area contributed by atoms with E-state index in [-0.39, 0.29) is 0 Å². The first-order chi connectivity index (χ1) is 8.23. The summed E-state index contributed by atoms with van der Waals surface area (Å²) in [6, 6.07) is 0. The molecule has 18 heavy (non-hydrogen) atoms. The third-order valence-corrected chi connectivity index (χ3v) is 2.71. The molecule has 1 aromatic heterocycles. The molecule has 1 amide bonds. The summed E-state index contributed by atoms with van der Waals surface area (Å²) >= 11 is 0. The van der Waals surface area contributed by atoms with Crippen LogP contribution in [0.2, 0.25) is 0 Å². The van der Waals surface area contributed by atoms with Gasteiger partial charge in [0.25, 0.3) is 0 Å². The Balaban J connectivity index is 2.81. The van der Waals surface area contributed by atoms with Crippen molar-refractivity contribution in [3.8, 4) is 0 Å². The van der Waals surface area contributed by atoms with Gasteiger partial charge in [-0.25, -0.2) is 0 Å². The van der Waals surface area contributed by atoms with Crippen molar-refractivity contribution in [1.82, 2.24) is 15.1 Å². The number of hydrogen-bond acceptors (Lipinski definition) is 3. The predicted molar refractivity (Wildman–Crippen MR) is 65.6 cm³/mol. The Morgan fingerprint density at radius 2 is 2.11 bits per heavy atom. The SMILES string of the molecule is CN(Cc1cn[nH]c1)C(=O)C(C(=O)O)C(C)(C)C. The first-order valence-corrected chi connectivity index (χ1v) is 5.69. The second-order valence-corrected chi connectivity index (χ2v) is 5.44. The van der Waals surface area contributed by atoms with Crippen LogP contribution in [0.1, 0.15) is 26.3 Å². The molecule has 6 heteroatoms. The summed E-state index contributed by atoms with van der Waals surface area (Å²) in [6.45, 7) is 5.58. The van der Waals surface area contributed by atoms with E-state index in [4.69, 9.17) is 0 Å². The highest BCUT2D eigenvalue weighted by atomic mass is 16.4. The Morgan fingerprint density at radius 1 is 1.50 bits per heavy atom. The Morgan fingerprint density at radius 3 is 2.50 bits per heavy atom. The van der Waals surface area contributed by atoms with Crippen molar-refractivity contribution in [2.75, 3.05) is 7.05 Å². The van der Waals surface area contributed by atoms with E-state index >= 15 is 0 Å². The van der Waals surface area contributed by atoms with Gasteiger partial charge in [-0.15, -0.1) is 0 Å². The third kappa shape index (κ3) is 3.32. The van der Waals surface area contributed by atoms with E-state index in [2.05, 4.69) is 10.2 Å². The lowest BCUT2D eigenvalue weighted by Gasteiger charge is -2.29. The number of aromatic amines is 1. The van der Waals surface area contributed by atoms with Gasteiger partial charge < -0.3 is 10.0 Å². The summed E-state index contributed by atoms with van der Waals surface area (Å²) in [7, 11) is 1.59. The molecule has 1 heterocycles. The van der Waals surface area contributed by atoms with Gasteiger partial charge in [0.1, 0.15) is 5.92 Å². The van der Waals surface area contributed by atoms with Gasteiger partial charge >= 0.3 is 5.97 Å². The van der Waals surface area contributed by atoms with Crippen molar-refractivity contribution in [3.63, 3.8) is 0 Å². The van der Waals surface area contributed by atoms with Crippen molar-refractivity contribution in [2.24, 2.45) is 11.3 Å². The second-order valence-electron chi connectivity index (χ2n) is 5.44. The largest absolute Gasteiger partial charge is 0.481 e. The van der Waals surface area contributed by atoms with Gasteiger partial charge in [0.05, 0.1) is 6.20 Å². The molecular weight excluding hydrogens is 234 g/mol. The molecule has 6 nitrogen and oxygen atoms in total. The highest BCUT2D eigenvalue weighted by Crippen LogP contribution is 2.28. The Kier molecular flexibility index (Phi) is 4.11. The minimum atomic E-state index is -1.09. The van der Waals surface area contributed by atoms with E-state index in [0.29, 0.717) is 6.54 Å². The zero-order chi connectivity index (χ0) is 13.9. The maximum absolute atomic E-state index is 12.2. The summed E-state index contributed by atoms with van der Waals surface area (Å²) in [5.41, 5.74) is 0.219. The topological polar surface area (TPSA) is 86.3 Å². The first kappa shape index (κ1) is 14.2. The van der Waals surface area contributed by atoms with Crippen molar-refractivity contribution in [2.45, 2.75) is 27.3 Å². The first-order valence-electron chi connectivity index (χ1n) is 5.69. The monoisotopic (exact) mass is 253 g/mol. The van der Waals surface area contributed by atoms with E-state index in [9.17, 15) is 14.7 Å². The molecule has 1 atom stereocenters. The Bertz CT molecular complexity index is 420. The number of carboxylic acid groups (broad SMARTS) is 1. The van der Waals surface area contributed by atoms with Crippen LogP contribution in [0, 0.1) is 11.3 Å². The van der Waals surface area contributed by atoms with Gasteiger partial charge in [-0.1, -0.05) is 20.8 Å². The highest BCUT2D eigenvalue weighted by Gasteiger charge is 2.39. The fourth-order valence-electron chi connectivity index (χ4n) is 1.78. The van der Waals surface area contributed by atoms with E-state index in [1.807, 2.05) is 0 Å². The number of H-pyrrole nitrogens is 1. The van der Waals surface area contributed by atoms with Gasteiger partial charge in [-0.3, -0.25) is 14.7 Å². The van der Waals surface area contributed by atoms with Crippen LogP contribution in [0.4, 0.5) is 0 Å². The highest BCUT2D eigenvalue weighted by molar-refractivity contribution is 5.97. The summed E-state index contributed by atoms with van der Waals surface area (Å²) in [6.07, 6.45) is 3.29. The molecule has 0 fully saturated rings. The predicted octanol–water partition coefficient (Wildman–Crippen LogP) is 1.11. The molecule has 100 valence electrons. The number of carbonyl (C=O) groups excluding carboxylic acids is 1. The van der Waals surface area contributed by atoms with E-state index in [1.54, 1.807) is 40.2 Å². The minimum absolute atomic E-state index is 0.342. The smallest absolute Gasteiger partial charge is 0.316 e. The molecular formula is C12H19N3O3. The van der Waals surface area contributed by atoms with Crippen LogP contribution in [-0.4, -0.2) is 39.1 Å². The molecule has 0 aromatic carbocycles. The van der Waals surface area contributed by atoms with Gasteiger partial charge in [-0.2, -0.15) is 5.10 Å². The lowest BCUT2D eigenvalue weighted by molar-refractivity contribution is -0.155. The molecule has 0 aliphatic rings. The number of nitrogens with one attached hydrogen (secondary N) is 1. The van der Waals surface area contributed by atoms with Crippen molar-refractivity contribution in [3.05, 3.63) is 18.0 Å². The van der Waals surface area contributed by atoms with E-state index in [1.165, 1.54) is 4.90 Å². The molecule has 0 saturated carbocycles. The maximum Gasteiger partial charge on any atom is 0.316 e. The van der Waals surface area contributed by atoms with Crippen molar-refractivity contribution >= 4 is 11.9 Å². The average molecular weight is 253 g/mol. The molecule has 0 saturated heterocycles. The number of carbonyl (C=O) groups is 2. The van der Waals surface area contributed by atoms with E-state index in [0.717, 1.165) is 5.56 Å². The molecule has 2 N–H and O–H groups in total. The molecule has 1 aromatic rings. The van der Waals surface area contributed by atoms with Gasteiger partial charge in [0.15, 0.2) is 0 Å². The van der Waals surface area contributed by atoms with Crippen LogP contribution in [0.5, 0.6) is 0 Å². The standard InChI is InChI=1S/C12H19N3O3/c1-12(2,3)9(11(17)18)10(16)15(4)7-8-5-13-14-6-8/h5-6,9H,7H2,1-4H3,(H,13,14)(H,17,18). The number of rotatable bonds is 4. The molecule has 1 unspecified atom stereocenters. The Labute approximate surface area is 106 Å². The summed E-state index contributed by atoms with van der Waals surface area (Å²) in [4.78, 5) is 24.8. The summed E-state index contributed by atoms with van der Waals surface area (Å²) < 4.78 is 0. The van der Waals surface area contributed by atoms with E-state index < -0.39 is 23.2 Å². The molecule has 0 spiro atoms. The quantitative estimate of drug-likeness (QED) is 0.787. The normalized spacial score (nSPS) is 13.1. The van der Waals surface area contributed by atoms with Crippen LogP contribution < -0.4 is 0 Å². The number of nitrogens with zero attached hydrogens (tertiary/aromatic N) is 2. The molecule has 0 radical (unpaired) electrons. The second kappa shape index (κ2) is 5.20. The van der Waals surface area contributed by atoms with Crippen molar-refractivity contribution < 1.29 is 14.7 Å². The lowest BCUT2D eigenvalue weighted by atomic mass is 9.80. The van der Waals surface area contributed by atoms with Crippen LogP contribution in [0.15, 0.2) is 12.4 Å². The van der Waals surface area contributed by atoms with Crippen LogP contribution >= 0.6 is 0 Å². The van der Waals surface area contributed by atoms with Crippen LogP contribution in [-0.2, 0) is 16.1 Å². The third-order valence-electron chi connectivity index (χ3n) is 2.71. The fourth-order valence-corrected chi connectivity index (χ4v) is 1.78. The summed E-state index contributed by atoms with van der Waals surface area (Å²) in [5.74, 6) is -2.53. The fraction of sp³-hybridized carbons (Fsp3) is 0.583. The van der Waals surface area contributed by atoms with Gasteiger partial charge in [-0.05, 0) is 5.41 Å². The lowest BCUT2D eigenvalue weighted by Crippen LogP contribution is -2.43. The number of amides is 1. The van der Waals surface area contributed by atoms with Crippen LogP contribution in [0.3, 0.4) is 0 Å². The Hall–Kier alpha value is -1.85. The number of hydrogen-bond donors (Lipinski definition) is 2. The molecule has 1 rings (SSSR count). The summed E-state index contributed by atoms with van der Waals surface area (Å²) in [5, 5.41) is 15.6.